The van der Waals surface area contributed by atoms with Gasteiger partial charge in [-0.1, -0.05) is 23.7 Å². The van der Waals surface area contributed by atoms with Gasteiger partial charge in [0.25, 0.3) is 5.91 Å². The summed E-state index contributed by atoms with van der Waals surface area (Å²) in [4.78, 5) is 30.1. The predicted octanol–water partition coefficient (Wildman–Crippen LogP) is 2.01. The van der Waals surface area contributed by atoms with E-state index in [1.165, 1.54) is 12.4 Å². The van der Waals surface area contributed by atoms with Crippen LogP contribution < -0.4 is 5.32 Å². The summed E-state index contributed by atoms with van der Waals surface area (Å²) < 4.78 is 0. The Balaban J connectivity index is 2.11. The van der Waals surface area contributed by atoms with Gasteiger partial charge < -0.3 is 10.4 Å². The third-order valence-corrected chi connectivity index (χ3v) is 2.59. The van der Waals surface area contributed by atoms with E-state index in [2.05, 4.69) is 15.3 Å². The molecular formula is C13H10ClN3O3. The summed E-state index contributed by atoms with van der Waals surface area (Å²) in [7, 11) is 0. The van der Waals surface area contributed by atoms with Crippen LogP contribution in [0.15, 0.2) is 36.7 Å². The Morgan fingerprint density at radius 1 is 1.25 bits per heavy atom. The van der Waals surface area contributed by atoms with Gasteiger partial charge in [0, 0.05) is 5.69 Å². The molecule has 0 aliphatic rings. The molecule has 0 unspecified atom stereocenters. The molecule has 0 saturated heterocycles. The van der Waals surface area contributed by atoms with Gasteiger partial charge in [0.1, 0.15) is 10.8 Å². The van der Waals surface area contributed by atoms with Crippen LogP contribution in [0.5, 0.6) is 0 Å². The number of carbonyl (C=O) groups is 2. The van der Waals surface area contributed by atoms with E-state index < -0.39 is 11.9 Å². The maximum absolute atomic E-state index is 11.9. The van der Waals surface area contributed by atoms with Gasteiger partial charge in [-0.15, -0.1) is 0 Å². The van der Waals surface area contributed by atoms with E-state index in [4.69, 9.17) is 16.7 Å². The van der Waals surface area contributed by atoms with Gasteiger partial charge in [-0.2, -0.15) is 0 Å². The van der Waals surface area contributed by atoms with Gasteiger partial charge in [-0.05, 0) is 17.7 Å². The van der Waals surface area contributed by atoms with Crippen LogP contribution in [0.1, 0.15) is 16.1 Å². The van der Waals surface area contributed by atoms with Gasteiger partial charge in [0.05, 0.1) is 18.8 Å². The molecule has 6 nitrogen and oxygen atoms in total. The van der Waals surface area contributed by atoms with Crippen molar-refractivity contribution in [3.05, 3.63) is 53.1 Å². The summed E-state index contributed by atoms with van der Waals surface area (Å²) >= 11 is 5.58. The standard InChI is InChI=1S/C13H10ClN3O3/c14-11-7-15-10(6-16-11)13(20)17-9-3-1-2-8(4-9)5-12(18)19/h1-4,6-7H,5H2,(H,17,20)(H,18,19). The summed E-state index contributed by atoms with van der Waals surface area (Å²) in [6.45, 7) is 0. The zero-order chi connectivity index (χ0) is 14.5. The molecule has 0 radical (unpaired) electrons. The van der Waals surface area contributed by atoms with E-state index in [-0.39, 0.29) is 17.3 Å². The summed E-state index contributed by atoms with van der Waals surface area (Å²) in [6.07, 6.45) is 2.43. The zero-order valence-electron chi connectivity index (χ0n) is 10.2. The van der Waals surface area contributed by atoms with Gasteiger partial charge in [0.2, 0.25) is 0 Å². The number of hydrogen-bond acceptors (Lipinski definition) is 4. The summed E-state index contributed by atoms with van der Waals surface area (Å²) in [5.74, 6) is -1.38. The second-order valence-corrected chi connectivity index (χ2v) is 4.34. The number of nitrogens with zero attached hydrogens (tertiary/aromatic N) is 2. The highest BCUT2D eigenvalue weighted by molar-refractivity contribution is 6.29. The zero-order valence-corrected chi connectivity index (χ0v) is 11.0. The highest BCUT2D eigenvalue weighted by atomic mass is 35.5. The second-order valence-electron chi connectivity index (χ2n) is 3.95. The third kappa shape index (κ3) is 3.76. The van der Waals surface area contributed by atoms with Crippen LogP contribution in [-0.4, -0.2) is 27.0 Å². The molecule has 0 bridgehead atoms. The molecule has 0 atom stereocenters. The number of aliphatic carboxylic acids is 1. The van der Waals surface area contributed by atoms with Crippen LogP contribution in [0.3, 0.4) is 0 Å². The van der Waals surface area contributed by atoms with Crippen molar-refractivity contribution in [2.24, 2.45) is 0 Å². The molecule has 0 aliphatic heterocycles. The Morgan fingerprint density at radius 2 is 2.05 bits per heavy atom. The highest BCUT2D eigenvalue weighted by Crippen LogP contribution is 2.12. The normalized spacial score (nSPS) is 10.1. The third-order valence-electron chi connectivity index (χ3n) is 2.39. The lowest BCUT2D eigenvalue weighted by atomic mass is 10.1. The number of benzene rings is 1. The largest absolute Gasteiger partial charge is 0.481 e. The molecule has 0 saturated carbocycles. The van der Waals surface area contributed by atoms with E-state index in [0.717, 1.165) is 0 Å². The van der Waals surface area contributed by atoms with Gasteiger partial charge in [-0.3, -0.25) is 9.59 Å². The first-order valence-corrected chi connectivity index (χ1v) is 6.02. The molecule has 2 N–H and O–H groups in total. The van der Waals surface area contributed by atoms with Crippen molar-refractivity contribution in [2.45, 2.75) is 6.42 Å². The minimum Gasteiger partial charge on any atom is -0.481 e. The number of carboxylic acids is 1. The molecule has 1 amide bonds. The number of nitrogens with one attached hydrogen (secondary N) is 1. The fraction of sp³-hybridized carbons (Fsp3) is 0.0769. The number of amides is 1. The molecule has 0 fully saturated rings. The van der Waals surface area contributed by atoms with E-state index in [1.807, 2.05) is 0 Å². The Kier molecular flexibility index (Phi) is 4.27. The number of hydrogen-bond donors (Lipinski definition) is 2. The minimum absolute atomic E-state index is 0.107. The minimum atomic E-state index is -0.933. The lowest BCUT2D eigenvalue weighted by molar-refractivity contribution is -0.136. The Bertz CT molecular complexity index is 644. The highest BCUT2D eigenvalue weighted by Gasteiger charge is 2.09. The molecule has 1 heterocycles. The lowest BCUT2D eigenvalue weighted by Crippen LogP contribution is -2.14. The van der Waals surface area contributed by atoms with Crippen molar-refractivity contribution in [3.63, 3.8) is 0 Å². The number of halogens is 1. The van der Waals surface area contributed by atoms with E-state index in [0.29, 0.717) is 11.3 Å². The van der Waals surface area contributed by atoms with Gasteiger partial charge in [0.15, 0.2) is 0 Å². The first-order valence-electron chi connectivity index (χ1n) is 5.64. The molecule has 102 valence electrons. The maximum atomic E-state index is 11.9. The monoisotopic (exact) mass is 291 g/mol. The molecule has 7 heteroatoms. The average Bonchev–Trinajstić information content (AvgIpc) is 2.39. The first kappa shape index (κ1) is 14.0. The van der Waals surface area contributed by atoms with Crippen LogP contribution in [-0.2, 0) is 11.2 Å². The number of anilines is 1. The number of aromatic nitrogens is 2. The van der Waals surface area contributed by atoms with Crippen LogP contribution >= 0.6 is 11.6 Å². The van der Waals surface area contributed by atoms with Crippen molar-refractivity contribution in [1.29, 1.82) is 0 Å². The summed E-state index contributed by atoms with van der Waals surface area (Å²) in [5.41, 5.74) is 1.21. The molecule has 2 aromatic rings. The Labute approximate surface area is 119 Å². The summed E-state index contributed by atoms with van der Waals surface area (Å²) in [5, 5.41) is 11.5. The van der Waals surface area contributed by atoms with Crippen molar-refractivity contribution in [3.8, 4) is 0 Å². The number of carboxylic acid groups (broad SMARTS) is 1. The predicted molar refractivity (Wildman–Crippen MR) is 72.8 cm³/mol. The van der Waals surface area contributed by atoms with Crippen LogP contribution in [0.25, 0.3) is 0 Å². The fourth-order valence-electron chi connectivity index (χ4n) is 1.56. The number of rotatable bonds is 4. The topological polar surface area (TPSA) is 92.2 Å². The first-order chi connectivity index (χ1) is 9.54. The van der Waals surface area contributed by atoms with Crippen LogP contribution in [0.4, 0.5) is 5.69 Å². The van der Waals surface area contributed by atoms with Gasteiger partial charge in [-0.25, -0.2) is 9.97 Å². The smallest absolute Gasteiger partial charge is 0.307 e. The SMILES string of the molecule is O=C(O)Cc1cccc(NC(=O)c2cnc(Cl)cn2)c1. The fourth-order valence-corrected chi connectivity index (χ4v) is 1.66. The Hall–Kier alpha value is -2.47. The van der Waals surface area contributed by atoms with E-state index in [9.17, 15) is 9.59 Å². The number of carbonyl (C=O) groups excluding carboxylic acids is 1. The maximum Gasteiger partial charge on any atom is 0.307 e. The summed E-state index contributed by atoms with van der Waals surface area (Å²) in [6, 6.07) is 6.59. The van der Waals surface area contributed by atoms with Crippen molar-refractivity contribution in [2.75, 3.05) is 5.32 Å². The van der Waals surface area contributed by atoms with Crippen molar-refractivity contribution in [1.82, 2.24) is 9.97 Å². The Morgan fingerprint density at radius 3 is 2.70 bits per heavy atom. The lowest BCUT2D eigenvalue weighted by Gasteiger charge is -2.06. The average molecular weight is 292 g/mol. The van der Waals surface area contributed by atoms with Crippen molar-refractivity contribution < 1.29 is 14.7 Å². The molecule has 1 aromatic carbocycles. The van der Waals surface area contributed by atoms with Crippen LogP contribution in [0.2, 0.25) is 5.15 Å². The van der Waals surface area contributed by atoms with Crippen molar-refractivity contribution >= 4 is 29.2 Å². The quantitative estimate of drug-likeness (QED) is 0.899. The molecule has 2 rings (SSSR count). The second kappa shape index (κ2) is 6.12. The van der Waals surface area contributed by atoms with Gasteiger partial charge >= 0.3 is 5.97 Å². The molecule has 0 spiro atoms. The molecule has 0 aliphatic carbocycles. The molecular weight excluding hydrogens is 282 g/mol. The van der Waals surface area contributed by atoms with Crippen LogP contribution in [0, 0.1) is 0 Å². The molecule has 20 heavy (non-hydrogen) atoms. The molecule has 1 aromatic heterocycles. The van der Waals surface area contributed by atoms with E-state index in [1.54, 1.807) is 24.3 Å². The van der Waals surface area contributed by atoms with E-state index >= 15 is 0 Å².